The summed E-state index contributed by atoms with van der Waals surface area (Å²) in [7, 11) is 0. The summed E-state index contributed by atoms with van der Waals surface area (Å²) in [5, 5.41) is 27.8. The van der Waals surface area contributed by atoms with E-state index in [1.54, 1.807) is 28.9 Å². The molecule has 2 heterocycles. The molecule has 2 atom stereocenters. The monoisotopic (exact) mass is 218 g/mol. The van der Waals surface area contributed by atoms with Crippen LogP contribution in [0.4, 0.5) is 0 Å². The van der Waals surface area contributed by atoms with Crippen molar-refractivity contribution >= 4 is 5.78 Å². The summed E-state index contributed by atoms with van der Waals surface area (Å²) in [6, 6.07) is 3.50. The van der Waals surface area contributed by atoms with Crippen LogP contribution in [-0.2, 0) is 0 Å². The van der Waals surface area contributed by atoms with E-state index in [4.69, 9.17) is 5.26 Å². The predicted molar refractivity (Wildman–Crippen MR) is 54.2 cm³/mol. The average molecular weight is 218 g/mol. The number of nitrogens with zero attached hydrogens (tertiary/aromatic N) is 4. The van der Waals surface area contributed by atoms with Crippen molar-refractivity contribution in [3.63, 3.8) is 0 Å². The van der Waals surface area contributed by atoms with E-state index in [2.05, 4.69) is 9.97 Å². The van der Waals surface area contributed by atoms with Gasteiger partial charge in [-0.2, -0.15) is 5.26 Å². The molecule has 2 rings (SSSR count). The minimum atomic E-state index is -1.14. The molecule has 6 nitrogen and oxygen atoms in total. The van der Waals surface area contributed by atoms with Gasteiger partial charge in [-0.05, 0) is 6.07 Å². The normalized spacial score (nSPS) is 14.6. The zero-order chi connectivity index (χ0) is 11.5. The second-order valence-corrected chi connectivity index (χ2v) is 3.35. The van der Waals surface area contributed by atoms with E-state index >= 15 is 0 Å². The molecule has 0 aliphatic rings. The second-order valence-electron chi connectivity index (χ2n) is 3.35. The van der Waals surface area contributed by atoms with Crippen LogP contribution < -0.4 is 0 Å². The molecule has 0 aromatic carbocycles. The fourth-order valence-electron chi connectivity index (χ4n) is 1.47. The lowest BCUT2D eigenvalue weighted by molar-refractivity contribution is 0.0185. The van der Waals surface area contributed by atoms with Crippen molar-refractivity contribution < 1.29 is 10.2 Å². The molecular weight excluding hydrogens is 208 g/mol. The van der Waals surface area contributed by atoms with Crippen LogP contribution >= 0.6 is 0 Å². The van der Waals surface area contributed by atoms with Crippen LogP contribution in [0.5, 0.6) is 0 Å². The predicted octanol–water partition coefficient (Wildman–Crippen LogP) is 0.0373. The van der Waals surface area contributed by atoms with E-state index < -0.39 is 12.2 Å². The number of hydrogen-bond acceptors (Lipinski definition) is 5. The summed E-state index contributed by atoms with van der Waals surface area (Å²) >= 11 is 0. The van der Waals surface area contributed by atoms with E-state index in [0.717, 1.165) is 0 Å². The van der Waals surface area contributed by atoms with Gasteiger partial charge in [0.25, 0.3) is 0 Å². The molecule has 0 saturated heterocycles. The molecule has 2 N–H and O–H groups in total. The Bertz CT molecular complexity index is 531. The first-order valence-electron chi connectivity index (χ1n) is 4.75. The lowest BCUT2D eigenvalue weighted by Gasteiger charge is -2.14. The minimum Gasteiger partial charge on any atom is -0.389 e. The summed E-state index contributed by atoms with van der Waals surface area (Å²) in [6.07, 6.45) is 2.32. The topological polar surface area (TPSA) is 94.4 Å². The summed E-state index contributed by atoms with van der Waals surface area (Å²) in [6.45, 7) is 0. The van der Waals surface area contributed by atoms with Crippen LogP contribution in [0.25, 0.3) is 5.78 Å². The largest absolute Gasteiger partial charge is 0.389 e. The molecule has 0 radical (unpaired) electrons. The number of aliphatic hydroxyl groups excluding tert-OH is 2. The second kappa shape index (κ2) is 4.26. The number of imidazole rings is 1. The van der Waals surface area contributed by atoms with E-state index in [1.807, 2.05) is 0 Å². The first kappa shape index (κ1) is 10.5. The highest BCUT2D eigenvalue weighted by molar-refractivity contribution is 5.31. The Morgan fingerprint density at radius 3 is 3.00 bits per heavy atom. The van der Waals surface area contributed by atoms with E-state index in [1.165, 1.54) is 6.20 Å². The highest BCUT2D eigenvalue weighted by atomic mass is 16.3. The van der Waals surface area contributed by atoms with Crippen LogP contribution in [0.3, 0.4) is 0 Å². The van der Waals surface area contributed by atoms with Crippen molar-refractivity contribution in [2.24, 2.45) is 0 Å². The third-order valence-corrected chi connectivity index (χ3v) is 2.29. The number of nitriles is 1. The maximum Gasteiger partial charge on any atom is 0.233 e. The quantitative estimate of drug-likeness (QED) is 0.758. The van der Waals surface area contributed by atoms with Crippen molar-refractivity contribution in [1.82, 2.24) is 14.4 Å². The lowest BCUT2D eigenvalue weighted by atomic mass is 10.1. The molecule has 2 unspecified atom stereocenters. The molecular formula is C10H10N4O2. The molecule has 16 heavy (non-hydrogen) atoms. The molecule has 2 aromatic rings. The first-order valence-corrected chi connectivity index (χ1v) is 4.75. The number of aliphatic hydroxyl groups is 2. The van der Waals surface area contributed by atoms with Gasteiger partial charge >= 0.3 is 0 Å². The van der Waals surface area contributed by atoms with Crippen molar-refractivity contribution in [3.05, 3.63) is 30.4 Å². The zero-order valence-electron chi connectivity index (χ0n) is 8.35. The highest BCUT2D eigenvalue weighted by Crippen LogP contribution is 2.19. The van der Waals surface area contributed by atoms with Crippen LogP contribution in [-0.4, -0.2) is 30.7 Å². The summed E-state index contributed by atoms with van der Waals surface area (Å²) < 4.78 is 1.57. The van der Waals surface area contributed by atoms with Crippen LogP contribution in [0.15, 0.2) is 24.7 Å². The Morgan fingerprint density at radius 1 is 1.44 bits per heavy atom. The molecule has 82 valence electrons. The highest BCUT2D eigenvalue weighted by Gasteiger charge is 2.21. The van der Waals surface area contributed by atoms with Gasteiger partial charge in [-0.1, -0.05) is 0 Å². The fraction of sp³-hybridized carbons (Fsp3) is 0.300. The van der Waals surface area contributed by atoms with Crippen molar-refractivity contribution in [1.29, 1.82) is 5.26 Å². The third kappa shape index (κ3) is 1.74. The van der Waals surface area contributed by atoms with Gasteiger partial charge in [-0.3, -0.25) is 4.40 Å². The van der Waals surface area contributed by atoms with Gasteiger partial charge in [0.1, 0.15) is 6.10 Å². The molecule has 0 aliphatic carbocycles. The van der Waals surface area contributed by atoms with Gasteiger partial charge in [0.2, 0.25) is 5.78 Å². The van der Waals surface area contributed by atoms with E-state index in [-0.39, 0.29) is 6.42 Å². The molecule has 0 spiro atoms. The Hall–Kier alpha value is -1.97. The van der Waals surface area contributed by atoms with Crippen LogP contribution in [0.2, 0.25) is 0 Å². The molecule has 0 aliphatic heterocycles. The van der Waals surface area contributed by atoms with Gasteiger partial charge in [0.15, 0.2) is 0 Å². The number of aromatic nitrogens is 3. The number of rotatable bonds is 3. The SMILES string of the molecule is N#CCC(O)C(O)c1cnc2ncccn12. The third-order valence-electron chi connectivity index (χ3n) is 2.29. The standard InChI is InChI=1S/C10H10N4O2/c11-3-2-8(15)9(16)7-6-13-10-12-4-1-5-14(7)10/h1,4-6,8-9,15-16H,2H2. The Labute approximate surface area is 91.4 Å². The Balaban J connectivity index is 2.37. The maximum atomic E-state index is 9.82. The number of hydrogen-bond donors (Lipinski definition) is 2. The first-order chi connectivity index (χ1) is 7.74. The van der Waals surface area contributed by atoms with Gasteiger partial charge in [0.05, 0.1) is 30.5 Å². The molecule has 0 fully saturated rings. The van der Waals surface area contributed by atoms with Gasteiger partial charge in [-0.15, -0.1) is 0 Å². The molecule has 6 heteroatoms. The van der Waals surface area contributed by atoms with Gasteiger partial charge in [-0.25, -0.2) is 9.97 Å². The smallest absolute Gasteiger partial charge is 0.233 e. The minimum absolute atomic E-state index is 0.130. The summed E-state index contributed by atoms with van der Waals surface area (Å²) in [5.74, 6) is 0.445. The summed E-state index contributed by atoms with van der Waals surface area (Å²) in [4.78, 5) is 7.96. The van der Waals surface area contributed by atoms with Crippen molar-refractivity contribution in [2.45, 2.75) is 18.6 Å². The van der Waals surface area contributed by atoms with Crippen molar-refractivity contribution in [2.75, 3.05) is 0 Å². The molecule has 0 amide bonds. The number of fused-ring (bicyclic) bond motifs is 1. The molecule has 0 bridgehead atoms. The molecule has 2 aromatic heterocycles. The van der Waals surface area contributed by atoms with Crippen molar-refractivity contribution in [3.8, 4) is 6.07 Å². The molecule has 0 saturated carbocycles. The van der Waals surface area contributed by atoms with Gasteiger partial charge < -0.3 is 10.2 Å². The van der Waals surface area contributed by atoms with Crippen LogP contribution in [0, 0.1) is 11.3 Å². The van der Waals surface area contributed by atoms with Gasteiger partial charge in [0, 0.05) is 12.4 Å². The lowest BCUT2D eigenvalue weighted by Crippen LogP contribution is -2.18. The van der Waals surface area contributed by atoms with E-state index in [9.17, 15) is 10.2 Å². The van der Waals surface area contributed by atoms with Crippen LogP contribution in [0.1, 0.15) is 18.2 Å². The zero-order valence-corrected chi connectivity index (χ0v) is 8.35. The average Bonchev–Trinajstić information content (AvgIpc) is 2.72. The fourth-order valence-corrected chi connectivity index (χ4v) is 1.47. The maximum absolute atomic E-state index is 9.82. The summed E-state index contributed by atoms with van der Waals surface area (Å²) in [5.41, 5.74) is 0.422. The van der Waals surface area contributed by atoms with E-state index in [0.29, 0.717) is 11.5 Å². The Kier molecular flexibility index (Phi) is 2.81. The Morgan fingerprint density at radius 2 is 2.25 bits per heavy atom.